The van der Waals surface area contributed by atoms with E-state index in [0.717, 1.165) is 23.1 Å². The fraction of sp³-hybridized carbons (Fsp3) is 0.533. The maximum absolute atomic E-state index is 11.0. The predicted molar refractivity (Wildman–Crippen MR) is 81.4 cm³/mol. The Kier molecular flexibility index (Phi) is 3.69. The van der Waals surface area contributed by atoms with Crippen molar-refractivity contribution in [3.05, 3.63) is 23.8 Å². The van der Waals surface area contributed by atoms with Gasteiger partial charge in [-0.1, -0.05) is 12.1 Å². The van der Waals surface area contributed by atoms with Gasteiger partial charge in [0.1, 0.15) is 0 Å². The van der Waals surface area contributed by atoms with E-state index in [1.165, 1.54) is 0 Å². The number of amides is 1. The van der Waals surface area contributed by atoms with Gasteiger partial charge in [0.2, 0.25) is 6.41 Å². The first-order chi connectivity index (χ1) is 9.19. The van der Waals surface area contributed by atoms with Gasteiger partial charge in [-0.2, -0.15) is 0 Å². The van der Waals surface area contributed by atoms with Crippen LogP contribution in [-0.2, 0) is 14.1 Å². The summed E-state index contributed by atoms with van der Waals surface area (Å²) in [6.07, 6.45) is 0.802. The van der Waals surface area contributed by atoms with E-state index in [-0.39, 0.29) is 11.2 Å². The highest BCUT2D eigenvalue weighted by atomic mass is 16.7. The fourth-order valence-electron chi connectivity index (χ4n) is 2.31. The van der Waals surface area contributed by atoms with Crippen LogP contribution in [0.3, 0.4) is 0 Å². The second-order valence-electron chi connectivity index (χ2n) is 6.30. The fourth-order valence-corrected chi connectivity index (χ4v) is 2.31. The van der Waals surface area contributed by atoms with Crippen LogP contribution < -0.4 is 10.4 Å². The zero-order valence-electron chi connectivity index (χ0n) is 13.1. The van der Waals surface area contributed by atoms with Crippen LogP contribution >= 0.6 is 0 Å². The molecular formula is C15H22BNO3. The van der Waals surface area contributed by atoms with Crippen molar-refractivity contribution < 1.29 is 14.1 Å². The van der Waals surface area contributed by atoms with Crippen LogP contribution in [0.15, 0.2) is 18.2 Å². The monoisotopic (exact) mass is 275 g/mol. The van der Waals surface area contributed by atoms with Crippen molar-refractivity contribution in [3.8, 4) is 0 Å². The van der Waals surface area contributed by atoms with Gasteiger partial charge in [0.15, 0.2) is 0 Å². The van der Waals surface area contributed by atoms with Crippen LogP contribution in [0.4, 0.5) is 5.69 Å². The number of rotatable bonds is 3. The first-order valence-corrected chi connectivity index (χ1v) is 6.83. The standard InChI is InChI=1S/C15H22BNO3/c1-11-12(8-7-9-13(11)17(6)10-18)16-19-14(2,3)15(4,5)20-16/h7-10H,1-6H3. The molecule has 0 radical (unpaired) electrons. The van der Waals surface area contributed by atoms with Crippen LogP contribution in [0.2, 0.25) is 0 Å². The van der Waals surface area contributed by atoms with Crippen molar-refractivity contribution in [1.29, 1.82) is 0 Å². The molecule has 5 heteroatoms. The van der Waals surface area contributed by atoms with Crippen molar-refractivity contribution >= 4 is 24.7 Å². The third-order valence-corrected chi connectivity index (χ3v) is 4.39. The molecule has 1 saturated heterocycles. The van der Waals surface area contributed by atoms with Gasteiger partial charge in [-0.15, -0.1) is 0 Å². The Bertz CT molecular complexity index is 512. The Balaban J connectivity index is 2.39. The van der Waals surface area contributed by atoms with Gasteiger partial charge in [-0.3, -0.25) is 4.79 Å². The van der Waals surface area contributed by atoms with E-state index in [1.807, 2.05) is 52.8 Å². The average molecular weight is 275 g/mol. The molecule has 0 atom stereocenters. The molecule has 2 rings (SSSR count). The van der Waals surface area contributed by atoms with Crippen molar-refractivity contribution in [1.82, 2.24) is 0 Å². The summed E-state index contributed by atoms with van der Waals surface area (Å²) in [5, 5.41) is 0. The summed E-state index contributed by atoms with van der Waals surface area (Å²) in [5.74, 6) is 0. The van der Waals surface area contributed by atoms with E-state index in [4.69, 9.17) is 9.31 Å². The Hall–Kier alpha value is -1.33. The van der Waals surface area contributed by atoms with Gasteiger partial charge in [0, 0.05) is 12.7 Å². The maximum Gasteiger partial charge on any atom is 0.495 e. The highest BCUT2D eigenvalue weighted by molar-refractivity contribution is 6.62. The van der Waals surface area contributed by atoms with E-state index in [2.05, 4.69) is 0 Å². The molecule has 0 saturated carbocycles. The molecule has 1 aromatic carbocycles. The summed E-state index contributed by atoms with van der Waals surface area (Å²) >= 11 is 0. The molecule has 0 N–H and O–H groups in total. The van der Waals surface area contributed by atoms with Gasteiger partial charge < -0.3 is 14.2 Å². The number of benzene rings is 1. The lowest BCUT2D eigenvalue weighted by Gasteiger charge is -2.32. The molecule has 20 heavy (non-hydrogen) atoms. The van der Waals surface area contributed by atoms with Crippen LogP contribution in [0.25, 0.3) is 0 Å². The highest BCUT2D eigenvalue weighted by Gasteiger charge is 2.52. The summed E-state index contributed by atoms with van der Waals surface area (Å²) in [7, 11) is 1.34. The smallest absolute Gasteiger partial charge is 0.399 e. The molecule has 1 amide bonds. The molecule has 108 valence electrons. The SMILES string of the molecule is Cc1c(B2OC(C)(C)C(C)(C)O2)cccc1N(C)C=O. The largest absolute Gasteiger partial charge is 0.495 e. The Morgan fingerprint density at radius 3 is 2.20 bits per heavy atom. The number of hydrogen-bond acceptors (Lipinski definition) is 3. The number of hydrogen-bond donors (Lipinski definition) is 0. The minimum Gasteiger partial charge on any atom is -0.399 e. The van der Waals surface area contributed by atoms with E-state index in [1.54, 1.807) is 11.9 Å². The predicted octanol–water partition coefficient (Wildman–Crippen LogP) is 1.89. The third-order valence-electron chi connectivity index (χ3n) is 4.39. The highest BCUT2D eigenvalue weighted by Crippen LogP contribution is 2.37. The Morgan fingerprint density at radius 1 is 1.15 bits per heavy atom. The molecular weight excluding hydrogens is 253 g/mol. The van der Waals surface area contributed by atoms with Crippen LogP contribution in [0.1, 0.15) is 33.3 Å². The van der Waals surface area contributed by atoms with E-state index in [9.17, 15) is 4.79 Å². The number of anilines is 1. The maximum atomic E-state index is 11.0. The van der Waals surface area contributed by atoms with Gasteiger partial charge in [0.25, 0.3) is 0 Å². The van der Waals surface area contributed by atoms with E-state index >= 15 is 0 Å². The third kappa shape index (κ3) is 2.36. The molecule has 1 aromatic rings. The molecule has 1 aliphatic heterocycles. The molecule has 1 heterocycles. The number of nitrogens with zero attached hydrogens (tertiary/aromatic N) is 1. The van der Waals surface area contributed by atoms with Crippen molar-refractivity contribution in [2.24, 2.45) is 0 Å². The van der Waals surface area contributed by atoms with Crippen molar-refractivity contribution in [2.45, 2.75) is 45.8 Å². The van der Waals surface area contributed by atoms with Gasteiger partial charge >= 0.3 is 7.12 Å². The molecule has 0 unspecified atom stereocenters. The first-order valence-electron chi connectivity index (χ1n) is 6.83. The van der Waals surface area contributed by atoms with Crippen LogP contribution in [0, 0.1) is 6.92 Å². The summed E-state index contributed by atoms with van der Waals surface area (Å²) in [6, 6.07) is 5.82. The minimum atomic E-state index is -0.403. The number of carbonyl (C=O) groups is 1. The van der Waals surface area contributed by atoms with Crippen molar-refractivity contribution in [3.63, 3.8) is 0 Å². The Morgan fingerprint density at radius 2 is 1.70 bits per heavy atom. The van der Waals surface area contributed by atoms with E-state index in [0.29, 0.717) is 0 Å². The van der Waals surface area contributed by atoms with E-state index < -0.39 is 7.12 Å². The van der Waals surface area contributed by atoms with Gasteiger partial charge in [-0.25, -0.2) is 0 Å². The summed E-state index contributed by atoms with van der Waals surface area (Å²) in [5.41, 5.74) is 2.11. The summed E-state index contributed by atoms with van der Waals surface area (Å²) in [4.78, 5) is 12.5. The second kappa shape index (κ2) is 4.90. The minimum absolute atomic E-state index is 0.364. The first kappa shape index (κ1) is 15.1. The molecule has 1 fully saturated rings. The zero-order valence-corrected chi connectivity index (χ0v) is 13.1. The van der Waals surface area contributed by atoms with Gasteiger partial charge in [-0.05, 0) is 51.7 Å². The van der Waals surface area contributed by atoms with Gasteiger partial charge in [0.05, 0.1) is 11.2 Å². The van der Waals surface area contributed by atoms with Crippen molar-refractivity contribution in [2.75, 3.05) is 11.9 Å². The Labute approximate surface area is 121 Å². The lowest BCUT2D eigenvalue weighted by Crippen LogP contribution is -2.41. The molecule has 0 bridgehead atoms. The summed E-state index contributed by atoms with van der Waals surface area (Å²) in [6.45, 7) is 10.1. The zero-order chi connectivity index (χ0) is 15.1. The lowest BCUT2D eigenvalue weighted by atomic mass is 9.76. The number of carbonyl (C=O) groups excluding carboxylic acids is 1. The normalized spacial score (nSPS) is 20.0. The van der Waals surface area contributed by atoms with Crippen LogP contribution in [-0.4, -0.2) is 31.8 Å². The molecule has 1 aliphatic rings. The quantitative estimate of drug-likeness (QED) is 0.624. The van der Waals surface area contributed by atoms with Crippen LogP contribution in [0.5, 0.6) is 0 Å². The molecule has 0 spiro atoms. The average Bonchev–Trinajstić information content (AvgIpc) is 2.57. The molecule has 4 nitrogen and oxygen atoms in total. The molecule has 0 aliphatic carbocycles. The summed E-state index contributed by atoms with van der Waals surface area (Å²) < 4.78 is 12.1. The topological polar surface area (TPSA) is 38.8 Å². The second-order valence-corrected chi connectivity index (χ2v) is 6.30. The molecule has 0 aromatic heterocycles. The lowest BCUT2D eigenvalue weighted by molar-refractivity contribution is -0.107.